The van der Waals surface area contributed by atoms with Crippen LogP contribution in [0.5, 0.6) is 0 Å². The zero-order chi connectivity index (χ0) is 10.1. The first kappa shape index (κ1) is 9.94. The molecular formula is C7H11N3O2S. The van der Waals surface area contributed by atoms with Gasteiger partial charge in [-0.2, -0.15) is 0 Å². The number of hydrogen-bond donors (Lipinski definition) is 2. The second-order valence-electron chi connectivity index (χ2n) is 2.58. The number of aryl methyl sites for hydroxylation is 1. The molecule has 0 spiro atoms. The van der Waals surface area contributed by atoms with Crippen molar-refractivity contribution in [2.45, 2.75) is 11.8 Å². The smallest absolute Gasteiger partial charge is 0.241 e. The van der Waals surface area contributed by atoms with Crippen LogP contribution in [0.4, 0.5) is 5.82 Å². The normalized spacial score (nSPS) is 11.5. The third-order valence-corrected chi connectivity index (χ3v) is 3.05. The number of sulfonamides is 1. The van der Waals surface area contributed by atoms with Crippen LogP contribution < -0.4 is 10.5 Å². The summed E-state index contributed by atoms with van der Waals surface area (Å²) in [7, 11) is -2.06. The third kappa shape index (κ3) is 1.96. The Balaban J connectivity index is 3.27. The Hall–Kier alpha value is -1.14. The van der Waals surface area contributed by atoms with Crippen LogP contribution in [0.25, 0.3) is 0 Å². The van der Waals surface area contributed by atoms with E-state index in [1.54, 1.807) is 6.92 Å². The van der Waals surface area contributed by atoms with Gasteiger partial charge in [0.2, 0.25) is 10.0 Å². The highest BCUT2D eigenvalue weighted by molar-refractivity contribution is 7.89. The fourth-order valence-corrected chi connectivity index (χ4v) is 1.58. The molecule has 0 fully saturated rings. The third-order valence-electron chi connectivity index (χ3n) is 1.67. The van der Waals surface area contributed by atoms with E-state index in [-0.39, 0.29) is 4.90 Å². The average molecular weight is 201 g/mol. The van der Waals surface area contributed by atoms with E-state index in [2.05, 4.69) is 9.71 Å². The van der Waals surface area contributed by atoms with Gasteiger partial charge in [0.25, 0.3) is 0 Å². The molecule has 0 aliphatic heterocycles. The Morgan fingerprint density at radius 2 is 2.15 bits per heavy atom. The predicted octanol–water partition coefficient (Wildman–Crippen LogP) is -0.120. The summed E-state index contributed by atoms with van der Waals surface area (Å²) in [6.07, 6.45) is 1.23. The minimum absolute atomic E-state index is 0.127. The van der Waals surface area contributed by atoms with Crippen LogP contribution in [0.2, 0.25) is 0 Å². The molecule has 0 aliphatic rings. The second kappa shape index (κ2) is 3.31. The Labute approximate surface area is 77.0 Å². The molecule has 5 nitrogen and oxygen atoms in total. The molecule has 1 aromatic rings. The van der Waals surface area contributed by atoms with Gasteiger partial charge in [0.1, 0.15) is 10.7 Å². The van der Waals surface area contributed by atoms with E-state index in [9.17, 15) is 8.42 Å². The van der Waals surface area contributed by atoms with Crippen molar-refractivity contribution in [3.05, 3.63) is 17.8 Å². The summed E-state index contributed by atoms with van der Waals surface area (Å²) in [6, 6.07) is 1.48. The van der Waals surface area contributed by atoms with E-state index < -0.39 is 10.0 Å². The number of nitrogens with two attached hydrogens (primary N) is 1. The number of nitrogens with zero attached hydrogens (tertiary/aromatic N) is 1. The Bertz CT molecular complexity index is 414. The second-order valence-corrected chi connectivity index (χ2v) is 4.47. The molecule has 0 bridgehead atoms. The summed E-state index contributed by atoms with van der Waals surface area (Å²) >= 11 is 0. The molecule has 0 aromatic carbocycles. The lowest BCUT2D eigenvalue weighted by molar-refractivity contribution is 0.588. The molecule has 0 saturated carbocycles. The first-order valence-electron chi connectivity index (χ1n) is 3.63. The van der Waals surface area contributed by atoms with Crippen LogP contribution in [0.3, 0.4) is 0 Å². The van der Waals surface area contributed by atoms with E-state index in [1.807, 2.05) is 0 Å². The van der Waals surface area contributed by atoms with Crippen LogP contribution >= 0.6 is 0 Å². The van der Waals surface area contributed by atoms with E-state index in [4.69, 9.17) is 5.73 Å². The molecule has 1 aromatic heterocycles. The fourth-order valence-electron chi connectivity index (χ4n) is 0.824. The molecule has 0 saturated heterocycles. The van der Waals surface area contributed by atoms with Crippen LogP contribution in [0, 0.1) is 6.92 Å². The maximum absolute atomic E-state index is 11.3. The Morgan fingerprint density at radius 1 is 1.54 bits per heavy atom. The Kier molecular flexibility index (Phi) is 2.53. The van der Waals surface area contributed by atoms with Crippen LogP contribution in [-0.4, -0.2) is 20.4 Å². The highest BCUT2D eigenvalue weighted by atomic mass is 32.2. The molecule has 3 N–H and O–H groups in total. The lowest BCUT2D eigenvalue weighted by Crippen LogP contribution is -2.19. The first-order chi connectivity index (χ1) is 5.97. The summed E-state index contributed by atoms with van der Waals surface area (Å²) in [5.41, 5.74) is 6.10. The fraction of sp³-hybridized carbons (Fsp3) is 0.286. The van der Waals surface area contributed by atoms with Gasteiger partial charge in [-0.3, -0.25) is 0 Å². The zero-order valence-electron chi connectivity index (χ0n) is 7.40. The number of aromatic nitrogens is 1. The van der Waals surface area contributed by atoms with Gasteiger partial charge in [-0.1, -0.05) is 0 Å². The van der Waals surface area contributed by atoms with Crippen molar-refractivity contribution in [2.24, 2.45) is 0 Å². The average Bonchev–Trinajstić information content (AvgIpc) is 2.09. The molecule has 0 atom stereocenters. The van der Waals surface area contributed by atoms with Gasteiger partial charge in [-0.15, -0.1) is 0 Å². The molecule has 72 valence electrons. The number of nitrogens with one attached hydrogen (secondary N) is 1. The van der Waals surface area contributed by atoms with Gasteiger partial charge in [-0.25, -0.2) is 18.1 Å². The predicted molar refractivity (Wildman–Crippen MR) is 49.6 cm³/mol. The maximum atomic E-state index is 11.3. The molecule has 0 unspecified atom stereocenters. The van der Waals surface area contributed by atoms with E-state index >= 15 is 0 Å². The first-order valence-corrected chi connectivity index (χ1v) is 5.11. The van der Waals surface area contributed by atoms with E-state index in [1.165, 1.54) is 19.3 Å². The van der Waals surface area contributed by atoms with Gasteiger partial charge < -0.3 is 5.73 Å². The standard InChI is InChI=1S/C7H11N3O2S/c1-5-3-6(4-10-7(5)8)13(11,12)9-2/h3-4,9H,1-2H3,(H2,8,10). The molecule has 6 heteroatoms. The van der Waals surface area contributed by atoms with Gasteiger partial charge >= 0.3 is 0 Å². The number of rotatable bonds is 2. The van der Waals surface area contributed by atoms with Gasteiger partial charge in [0, 0.05) is 6.20 Å². The van der Waals surface area contributed by atoms with Crippen molar-refractivity contribution in [3.8, 4) is 0 Å². The van der Waals surface area contributed by atoms with Crippen molar-refractivity contribution in [2.75, 3.05) is 12.8 Å². The van der Waals surface area contributed by atoms with E-state index in [0.29, 0.717) is 11.4 Å². The van der Waals surface area contributed by atoms with Crippen molar-refractivity contribution < 1.29 is 8.42 Å². The SMILES string of the molecule is CNS(=O)(=O)c1cnc(N)c(C)c1. The summed E-state index contributed by atoms with van der Waals surface area (Å²) in [5, 5.41) is 0. The molecule has 13 heavy (non-hydrogen) atoms. The summed E-state index contributed by atoms with van der Waals surface area (Å²) in [5.74, 6) is 0.343. The maximum Gasteiger partial charge on any atom is 0.241 e. The number of anilines is 1. The monoisotopic (exact) mass is 201 g/mol. The van der Waals surface area contributed by atoms with Crippen molar-refractivity contribution in [1.29, 1.82) is 0 Å². The largest absolute Gasteiger partial charge is 0.383 e. The number of pyridine rings is 1. The minimum atomic E-state index is -3.41. The van der Waals surface area contributed by atoms with Crippen LogP contribution in [-0.2, 0) is 10.0 Å². The molecule has 1 rings (SSSR count). The van der Waals surface area contributed by atoms with Crippen molar-refractivity contribution in [3.63, 3.8) is 0 Å². The van der Waals surface area contributed by atoms with Crippen molar-refractivity contribution in [1.82, 2.24) is 9.71 Å². The highest BCUT2D eigenvalue weighted by Crippen LogP contribution is 2.12. The van der Waals surface area contributed by atoms with Crippen LogP contribution in [0.15, 0.2) is 17.2 Å². The minimum Gasteiger partial charge on any atom is -0.383 e. The molecule has 0 radical (unpaired) electrons. The quantitative estimate of drug-likeness (QED) is 0.698. The summed E-state index contributed by atoms with van der Waals surface area (Å²) in [4.78, 5) is 3.88. The van der Waals surface area contributed by atoms with Crippen LogP contribution in [0.1, 0.15) is 5.56 Å². The van der Waals surface area contributed by atoms with Crippen molar-refractivity contribution >= 4 is 15.8 Å². The molecular weight excluding hydrogens is 190 g/mol. The molecule has 0 aliphatic carbocycles. The summed E-state index contributed by atoms with van der Waals surface area (Å²) < 4.78 is 24.7. The van der Waals surface area contributed by atoms with Gasteiger partial charge in [-0.05, 0) is 25.6 Å². The number of nitrogen functional groups attached to an aromatic ring is 1. The highest BCUT2D eigenvalue weighted by Gasteiger charge is 2.12. The lowest BCUT2D eigenvalue weighted by Gasteiger charge is -2.03. The molecule has 1 heterocycles. The molecule has 0 amide bonds. The summed E-state index contributed by atoms with van der Waals surface area (Å²) in [6.45, 7) is 1.71. The zero-order valence-corrected chi connectivity index (χ0v) is 8.22. The van der Waals surface area contributed by atoms with Gasteiger partial charge in [0.05, 0.1) is 0 Å². The lowest BCUT2D eigenvalue weighted by atomic mass is 10.3. The van der Waals surface area contributed by atoms with E-state index in [0.717, 1.165) is 0 Å². The Morgan fingerprint density at radius 3 is 2.62 bits per heavy atom. The number of hydrogen-bond acceptors (Lipinski definition) is 4. The topological polar surface area (TPSA) is 85.1 Å². The van der Waals surface area contributed by atoms with Gasteiger partial charge in [0.15, 0.2) is 0 Å².